The molecule has 4 N–H and O–H groups in total. The number of nitrogens with one attached hydrogen (secondary N) is 1. The van der Waals surface area contributed by atoms with E-state index >= 15 is 0 Å². The maximum absolute atomic E-state index is 13.0. The summed E-state index contributed by atoms with van der Waals surface area (Å²) >= 11 is 0. The molecule has 144 valence electrons. The Kier molecular flexibility index (Phi) is 7.17. The number of aryl methyl sites for hydroxylation is 2. The minimum Gasteiger partial charge on any atom is -0.330 e. The number of nitrogens with two attached hydrogens (primary N) is 1. The third-order valence-corrected chi connectivity index (χ3v) is 5.49. The second-order valence-electron chi connectivity index (χ2n) is 7.57. The zero-order valence-electron chi connectivity index (χ0n) is 15.8. The van der Waals surface area contributed by atoms with E-state index in [0.29, 0.717) is 19.5 Å². The summed E-state index contributed by atoms with van der Waals surface area (Å²) in [5, 5.41) is 9.05. The summed E-state index contributed by atoms with van der Waals surface area (Å²) in [4.78, 5) is 26.7. The molecule has 6 nitrogen and oxygen atoms in total. The van der Waals surface area contributed by atoms with Crippen LogP contribution < -0.4 is 11.2 Å². The fourth-order valence-corrected chi connectivity index (χ4v) is 3.61. The molecule has 0 saturated carbocycles. The van der Waals surface area contributed by atoms with E-state index in [2.05, 4.69) is 31.2 Å². The van der Waals surface area contributed by atoms with Crippen molar-refractivity contribution in [1.29, 1.82) is 0 Å². The van der Waals surface area contributed by atoms with Crippen LogP contribution in [0.5, 0.6) is 0 Å². The van der Waals surface area contributed by atoms with Crippen molar-refractivity contribution in [3.63, 3.8) is 0 Å². The quantitative estimate of drug-likeness (QED) is 0.357. The van der Waals surface area contributed by atoms with Crippen molar-refractivity contribution in [3.8, 4) is 0 Å². The predicted octanol–water partition coefficient (Wildman–Crippen LogP) is 2.17. The summed E-state index contributed by atoms with van der Waals surface area (Å²) in [7, 11) is 0. The summed E-state index contributed by atoms with van der Waals surface area (Å²) in [6.45, 7) is 5.14. The van der Waals surface area contributed by atoms with Gasteiger partial charge in [0, 0.05) is 12.0 Å². The first kappa shape index (κ1) is 20.4. The summed E-state index contributed by atoms with van der Waals surface area (Å²) in [5.41, 5.74) is 9.21. The number of benzene rings is 1. The Morgan fingerprint density at radius 3 is 2.65 bits per heavy atom. The molecule has 1 aliphatic heterocycles. The van der Waals surface area contributed by atoms with E-state index < -0.39 is 17.4 Å². The lowest BCUT2D eigenvalue weighted by molar-refractivity contribution is -0.146. The molecular formula is C20H31N3O3. The molecule has 2 amide bonds. The average Bonchev–Trinajstić information content (AvgIpc) is 2.93. The van der Waals surface area contributed by atoms with Crippen molar-refractivity contribution < 1.29 is 14.8 Å². The van der Waals surface area contributed by atoms with Crippen LogP contribution in [0, 0.1) is 12.3 Å². The van der Waals surface area contributed by atoms with Gasteiger partial charge in [-0.1, -0.05) is 36.8 Å². The maximum Gasteiger partial charge on any atom is 0.266 e. The Balaban J connectivity index is 2.02. The van der Waals surface area contributed by atoms with Gasteiger partial charge in [-0.15, -0.1) is 0 Å². The van der Waals surface area contributed by atoms with Crippen LogP contribution in [-0.4, -0.2) is 41.1 Å². The van der Waals surface area contributed by atoms with Crippen molar-refractivity contribution in [2.24, 2.45) is 11.1 Å². The summed E-state index contributed by atoms with van der Waals surface area (Å²) in [6, 6.07) is 7.74. The van der Waals surface area contributed by atoms with Gasteiger partial charge in [-0.05, 0) is 57.6 Å². The van der Waals surface area contributed by atoms with Gasteiger partial charge in [0.25, 0.3) is 5.91 Å². The molecule has 1 aromatic carbocycles. The molecule has 0 aliphatic carbocycles. The highest BCUT2D eigenvalue weighted by molar-refractivity contribution is 5.91. The van der Waals surface area contributed by atoms with Crippen LogP contribution in [0.1, 0.15) is 50.2 Å². The van der Waals surface area contributed by atoms with Crippen molar-refractivity contribution in [3.05, 3.63) is 35.4 Å². The third kappa shape index (κ3) is 4.83. The van der Waals surface area contributed by atoms with Gasteiger partial charge in [0.05, 0.1) is 0 Å². The fraction of sp³-hybridized carbons (Fsp3) is 0.600. The molecular weight excluding hydrogens is 330 g/mol. The standard InChI is InChI=1S/C20H31N3O3/c1-15-6-8-16(9-7-15)10-11-20(2)12-14-23(19(20)25)17(18(24)22-26)5-3-4-13-21/h6-9,17,26H,3-5,10-14,21H2,1-2H3,(H,22,24)/t17-,20?/m1/s1. The number of nitrogens with zero attached hydrogens (tertiary/aromatic N) is 1. The van der Waals surface area contributed by atoms with Crippen molar-refractivity contribution in [2.75, 3.05) is 13.1 Å². The highest BCUT2D eigenvalue weighted by Gasteiger charge is 2.46. The zero-order valence-corrected chi connectivity index (χ0v) is 15.8. The van der Waals surface area contributed by atoms with Gasteiger partial charge in [0.1, 0.15) is 6.04 Å². The van der Waals surface area contributed by atoms with Gasteiger partial charge in [-0.25, -0.2) is 5.48 Å². The maximum atomic E-state index is 13.0. The van der Waals surface area contributed by atoms with Crippen molar-refractivity contribution in [1.82, 2.24) is 10.4 Å². The highest BCUT2D eigenvalue weighted by atomic mass is 16.5. The Morgan fingerprint density at radius 2 is 2.04 bits per heavy atom. The van der Waals surface area contributed by atoms with Crippen molar-refractivity contribution >= 4 is 11.8 Å². The lowest BCUT2D eigenvalue weighted by Gasteiger charge is -2.29. The molecule has 1 saturated heterocycles. The van der Waals surface area contributed by atoms with Crippen LogP contribution in [-0.2, 0) is 16.0 Å². The molecule has 0 radical (unpaired) electrons. The summed E-state index contributed by atoms with van der Waals surface area (Å²) in [6.07, 6.45) is 4.37. The summed E-state index contributed by atoms with van der Waals surface area (Å²) in [5.74, 6) is -0.510. The van der Waals surface area contributed by atoms with E-state index in [1.54, 1.807) is 10.4 Å². The number of carbonyl (C=O) groups excluding carboxylic acids is 2. The number of amides is 2. The lowest BCUT2D eigenvalue weighted by atomic mass is 9.82. The van der Waals surface area contributed by atoms with Crippen LogP contribution in [0.25, 0.3) is 0 Å². The summed E-state index contributed by atoms with van der Waals surface area (Å²) < 4.78 is 0. The first-order chi connectivity index (χ1) is 12.4. The van der Waals surface area contributed by atoms with E-state index in [1.165, 1.54) is 11.1 Å². The fourth-order valence-electron chi connectivity index (χ4n) is 3.61. The topological polar surface area (TPSA) is 95.7 Å². The molecule has 26 heavy (non-hydrogen) atoms. The van der Waals surface area contributed by atoms with Gasteiger partial charge in [0.2, 0.25) is 5.91 Å². The molecule has 0 bridgehead atoms. The number of hydrogen-bond acceptors (Lipinski definition) is 4. The lowest BCUT2D eigenvalue weighted by Crippen LogP contribution is -2.48. The average molecular weight is 361 g/mol. The molecule has 1 aromatic rings. The van der Waals surface area contributed by atoms with Gasteiger partial charge >= 0.3 is 0 Å². The molecule has 2 atom stereocenters. The van der Waals surface area contributed by atoms with E-state index in [9.17, 15) is 9.59 Å². The van der Waals surface area contributed by atoms with E-state index in [0.717, 1.165) is 32.1 Å². The minimum absolute atomic E-state index is 0.00552. The van der Waals surface area contributed by atoms with Crippen LogP contribution in [0.2, 0.25) is 0 Å². The predicted molar refractivity (Wildman–Crippen MR) is 101 cm³/mol. The monoisotopic (exact) mass is 361 g/mol. The van der Waals surface area contributed by atoms with E-state index in [-0.39, 0.29) is 5.91 Å². The molecule has 6 heteroatoms. The first-order valence-electron chi connectivity index (χ1n) is 9.42. The molecule has 1 fully saturated rings. The Labute approximate surface area is 155 Å². The first-order valence-corrected chi connectivity index (χ1v) is 9.42. The van der Waals surface area contributed by atoms with E-state index in [4.69, 9.17) is 10.9 Å². The molecule has 1 aliphatic rings. The number of rotatable bonds is 9. The molecule has 0 aromatic heterocycles. The van der Waals surface area contributed by atoms with Crippen molar-refractivity contribution in [2.45, 2.75) is 58.4 Å². The number of likely N-dealkylation sites (tertiary alicyclic amines) is 1. The normalized spacial score (nSPS) is 21.1. The van der Waals surface area contributed by atoms with Gasteiger partial charge < -0.3 is 10.6 Å². The van der Waals surface area contributed by atoms with Gasteiger partial charge in [0.15, 0.2) is 0 Å². The van der Waals surface area contributed by atoms with Crippen LogP contribution >= 0.6 is 0 Å². The second kappa shape index (κ2) is 9.14. The Morgan fingerprint density at radius 1 is 1.35 bits per heavy atom. The van der Waals surface area contributed by atoms with Gasteiger partial charge in [-0.2, -0.15) is 0 Å². The number of carbonyl (C=O) groups is 2. The number of unbranched alkanes of at least 4 members (excludes halogenated alkanes) is 1. The Hall–Kier alpha value is -1.92. The smallest absolute Gasteiger partial charge is 0.266 e. The molecule has 1 unspecified atom stereocenters. The van der Waals surface area contributed by atoms with Crippen LogP contribution in [0.4, 0.5) is 0 Å². The van der Waals surface area contributed by atoms with Gasteiger partial charge in [-0.3, -0.25) is 14.8 Å². The molecule has 2 rings (SSSR count). The largest absolute Gasteiger partial charge is 0.330 e. The molecule has 1 heterocycles. The highest BCUT2D eigenvalue weighted by Crippen LogP contribution is 2.37. The zero-order chi connectivity index (χ0) is 19.2. The van der Waals surface area contributed by atoms with Crippen LogP contribution in [0.3, 0.4) is 0 Å². The molecule has 0 spiro atoms. The van der Waals surface area contributed by atoms with Crippen LogP contribution in [0.15, 0.2) is 24.3 Å². The van der Waals surface area contributed by atoms with E-state index in [1.807, 2.05) is 6.92 Å². The third-order valence-electron chi connectivity index (χ3n) is 5.49. The number of hydrogen-bond donors (Lipinski definition) is 3. The minimum atomic E-state index is -0.625. The Bertz CT molecular complexity index is 617. The number of hydroxylamine groups is 1. The second-order valence-corrected chi connectivity index (χ2v) is 7.57. The SMILES string of the molecule is Cc1ccc(CCC2(C)CCN([C@H](CCCCN)C(=O)NO)C2=O)cc1.